The summed E-state index contributed by atoms with van der Waals surface area (Å²) in [6, 6.07) is 20.5. The predicted octanol–water partition coefficient (Wildman–Crippen LogP) is 5.41. The smallest absolute Gasteiger partial charge is 0.321 e. The van der Waals surface area contributed by atoms with Crippen LogP contribution in [0.15, 0.2) is 73.1 Å². The van der Waals surface area contributed by atoms with Crippen molar-refractivity contribution in [3.8, 4) is 28.3 Å². The molecule has 3 fully saturated rings. The molecule has 5 heterocycles. The Hall–Kier alpha value is -5.61. The van der Waals surface area contributed by atoms with Crippen LogP contribution in [0.3, 0.4) is 0 Å². The highest BCUT2D eigenvalue weighted by Gasteiger charge is 2.34. The van der Waals surface area contributed by atoms with E-state index in [0.717, 1.165) is 73.8 Å². The van der Waals surface area contributed by atoms with E-state index in [4.69, 9.17) is 4.74 Å². The maximum absolute atomic E-state index is 15.2. The Morgan fingerprint density at radius 1 is 0.967 bits per heavy atom. The number of aromatic nitrogens is 3. The van der Waals surface area contributed by atoms with Crippen molar-refractivity contribution in [2.24, 2.45) is 11.8 Å². The molecule has 3 amide bonds. The number of nitrogens with one attached hydrogen (secondary N) is 3. The molecule has 3 saturated heterocycles. The standard InChI is InChI=1S/C45H54FN9O5/c1-28(2)20-32-25-54(26-40(32)56)44(58)50-38-22-33(46)21-36(29(38)3)42-37-23-39(49-43(37)48-27-47-42)31-6-4-30(5-7-31)24-53-16-14-52(15-17-53)18-19-60-35-10-8-34(9-11-35)55-13-12-41(57)51-45(55)59/h4-11,21-23,27-28,32,40,45,56,59H,12-20,24-26H2,1-3H3,(H,50,58)(H,51,57)(H,47,48,49)/t32-,40-,45?/m0/s1. The van der Waals surface area contributed by atoms with Crippen LogP contribution in [0.25, 0.3) is 33.5 Å². The molecular formula is C45H54FN9O5. The Morgan fingerprint density at radius 2 is 1.72 bits per heavy atom. The number of piperazine rings is 1. The van der Waals surface area contributed by atoms with Crippen LogP contribution in [0.4, 0.5) is 20.6 Å². The molecular weight excluding hydrogens is 766 g/mol. The fraction of sp³-hybridized carbons (Fsp3) is 0.422. The molecule has 0 aliphatic carbocycles. The molecule has 3 aromatic carbocycles. The van der Waals surface area contributed by atoms with Crippen LogP contribution >= 0.6 is 0 Å². The zero-order valence-corrected chi connectivity index (χ0v) is 34.4. The van der Waals surface area contributed by atoms with Crippen molar-refractivity contribution in [2.75, 3.05) is 69.2 Å². The molecule has 5 aromatic rings. The van der Waals surface area contributed by atoms with Crippen molar-refractivity contribution in [1.82, 2.24) is 35.0 Å². The van der Waals surface area contributed by atoms with Crippen LogP contribution in [-0.2, 0) is 11.3 Å². The van der Waals surface area contributed by atoms with Gasteiger partial charge in [0.05, 0.1) is 11.8 Å². The number of hydrogen-bond donors (Lipinski definition) is 5. The molecule has 14 nitrogen and oxygen atoms in total. The summed E-state index contributed by atoms with van der Waals surface area (Å²) in [6.07, 6.45) is 1.04. The first-order chi connectivity index (χ1) is 29.0. The van der Waals surface area contributed by atoms with Crippen LogP contribution in [0.1, 0.15) is 37.8 Å². The molecule has 3 aliphatic rings. The largest absolute Gasteiger partial charge is 0.492 e. The molecule has 1 unspecified atom stereocenters. The topological polar surface area (TPSA) is 162 Å². The van der Waals surface area contributed by atoms with Crippen LogP contribution in [0.2, 0.25) is 0 Å². The molecule has 2 aromatic heterocycles. The number of nitrogens with zero attached hydrogens (tertiary/aromatic N) is 6. The molecule has 15 heteroatoms. The van der Waals surface area contributed by atoms with Gasteiger partial charge >= 0.3 is 6.03 Å². The maximum Gasteiger partial charge on any atom is 0.321 e. The van der Waals surface area contributed by atoms with Gasteiger partial charge in [0.15, 0.2) is 0 Å². The lowest BCUT2D eigenvalue weighted by atomic mass is 9.95. The lowest BCUT2D eigenvalue weighted by molar-refractivity contribution is -0.125. The van der Waals surface area contributed by atoms with E-state index in [1.54, 1.807) is 9.80 Å². The van der Waals surface area contributed by atoms with Crippen LogP contribution in [0, 0.1) is 24.6 Å². The summed E-state index contributed by atoms with van der Waals surface area (Å²) in [7, 11) is 0. The number of hydrogen-bond acceptors (Lipinski definition) is 10. The highest BCUT2D eigenvalue weighted by Crippen LogP contribution is 2.35. The lowest BCUT2D eigenvalue weighted by Gasteiger charge is -2.34. The van der Waals surface area contributed by atoms with Gasteiger partial charge in [0.2, 0.25) is 12.3 Å². The number of carbonyl (C=O) groups excluding carboxylic acids is 2. The van der Waals surface area contributed by atoms with Crippen molar-refractivity contribution in [3.05, 3.63) is 90.0 Å². The van der Waals surface area contributed by atoms with Gasteiger partial charge in [-0.25, -0.2) is 19.2 Å². The minimum Gasteiger partial charge on any atom is -0.492 e. The fourth-order valence-electron chi connectivity index (χ4n) is 8.57. The molecule has 60 heavy (non-hydrogen) atoms. The third kappa shape index (κ3) is 9.39. The number of amides is 3. The number of fused-ring (bicyclic) bond motifs is 1. The lowest BCUT2D eigenvalue weighted by Crippen LogP contribution is -2.54. The highest BCUT2D eigenvalue weighted by molar-refractivity contribution is 5.97. The maximum atomic E-state index is 15.2. The number of aromatic amines is 1. The van der Waals surface area contributed by atoms with E-state index < -0.39 is 18.3 Å². The number of H-pyrrole nitrogens is 1. The predicted molar refractivity (Wildman–Crippen MR) is 229 cm³/mol. The zero-order valence-electron chi connectivity index (χ0n) is 34.4. The Bertz CT molecular complexity index is 2300. The summed E-state index contributed by atoms with van der Waals surface area (Å²) in [5, 5.41) is 26.9. The normalized spacial score (nSPS) is 20.2. The van der Waals surface area contributed by atoms with E-state index in [-0.39, 0.29) is 24.4 Å². The Morgan fingerprint density at radius 3 is 2.45 bits per heavy atom. The van der Waals surface area contributed by atoms with Crippen molar-refractivity contribution >= 4 is 34.3 Å². The second kappa shape index (κ2) is 17.9. The molecule has 3 atom stereocenters. The van der Waals surface area contributed by atoms with Crippen LogP contribution in [0.5, 0.6) is 5.75 Å². The first kappa shape index (κ1) is 41.1. The van der Waals surface area contributed by atoms with Crippen molar-refractivity contribution < 1.29 is 28.9 Å². The number of rotatable bonds is 12. The molecule has 3 aliphatic heterocycles. The third-order valence-electron chi connectivity index (χ3n) is 11.9. The zero-order chi connectivity index (χ0) is 41.9. The summed E-state index contributed by atoms with van der Waals surface area (Å²) in [4.78, 5) is 45.5. The fourth-order valence-corrected chi connectivity index (χ4v) is 8.57. The molecule has 5 N–H and O–H groups in total. The van der Waals surface area contributed by atoms with Gasteiger partial charge in [-0.2, -0.15) is 0 Å². The number of aliphatic hydroxyl groups is 2. The Kier molecular flexibility index (Phi) is 12.3. The summed E-state index contributed by atoms with van der Waals surface area (Å²) in [5.41, 5.74) is 6.70. The van der Waals surface area contributed by atoms with E-state index in [9.17, 15) is 19.8 Å². The van der Waals surface area contributed by atoms with Gasteiger partial charge in [-0.05, 0) is 78.4 Å². The number of aliphatic hydroxyl groups excluding tert-OH is 2. The highest BCUT2D eigenvalue weighted by atomic mass is 19.1. The average molecular weight is 820 g/mol. The molecule has 316 valence electrons. The Labute approximate surface area is 349 Å². The van der Waals surface area contributed by atoms with E-state index in [2.05, 4.69) is 73.5 Å². The van der Waals surface area contributed by atoms with E-state index in [1.807, 2.05) is 37.3 Å². The second-order valence-corrected chi connectivity index (χ2v) is 16.6. The van der Waals surface area contributed by atoms with Crippen molar-refractivity contribution in [1.29, 1.82) is 0 Å². The number of urea groups is 1. The van der Waals surface area contributed by atoms with Gasteiger partial charge in [0, 0.05) is 99.3 Å². The van der Waals surface area contributed by atoms with Gasteiger partial charge in [-0.1, -0.05) is 38.1 Å². The summed E-state index contributed by atoms with van der Waals surface area (Å²) >= 11 is 0. The second-order valence-electron chi connectivity index (χ2n) is 16.6. The molecule has 0 saturated carbocycles. The number of β-amino-alcohol motifs (C(OH)–C–C–N with tert-alkyl or cyclic N) is 1. The minimum absolute atomic E-state index is 0.0166. The van der Waals surface area contributed by atoms with E-state index in [1.165, 1.54) is 24.0 Å². The summed E-state index contributed by atoms with van der Waals surface area (Å²) < 4.78 is 21.2. The molecule has 0 radical (unpaired) electrons. The summed E-state index contributed by atoms with van der Waals surface area (Å²) in [5.74, 6) is 0.550. The molecule has 0 bridgehead atoms. The van der Waals surface area contributed by atoms with E-state index >= 15 is 4.39 Å². The van der Waals surface area contributed by atoms with Crippen LogP contribution in [-0.4, -0.2) is 123 Å². The van der Waals surface area contributed by atoms with Gasteiger partial charge < -0.3 is 40.4 Å². The minimum atomic E-state index is -1.02. The van der Waals surface area contributed by atoms with Gasteiger partial charge in [0.25, 0.3) is 0 Å². The Balaban J connectivity index is 0.843. The molecule has 8 rings (SSSR count). The van der Waals surface area contributed by atoms with Crippen molar-refractivity contribution in [3.63, 3.8) is 0 Å². The number of likely N-dealkylation sites (tertiary alicyclic amines) is 1. The third-order valence-corrected chi connectivity index (χ3v) is 11.9. The SMILES string of the molecule is Cc1c(NC(=O)N2C[C@H](CC(C)C)[C@@H](O)C2)cc(F)cc1-c1ncnc2[nH]c(-c3ccc(CN4CCN(CCOc5ccc(N6CCC(=O)NC6O)cc5)CC4)cc3)cc12. The van der Waals surface area contributed by atoms with Gasteiger partial charge in [-0.15, -0.1) is 0 Å². The average Bonchev–Trinajstić information content (AvgIpc) is 3.83. The van der Waals surface area contributed by atoms with Gasteiger partial charge in [0.1, 0.15) is 30.1 Å². The quantitative estimate of drug-likeness (QED) is 0.110. The van der Waals surface area contributed by atoms with Crippen molar-refractivity contribution in [2.45, 2.75) is 52.6 Å². The number of benzene rings is 3. The number of ether oxygens (including phenoxy) is 1. The number of halogens is 1. The van der Waals surface area contributed by atoms with Gasteiger partial charge in [-0.3, -0.25) is 14.6 Å². The monoisotopic (exact) mass is 819 g/mol. The first-order valence-corrected chi connectivity index (χ1v) is 20.9. The van der Waals surface area contributed by atoms with E-state index in [0.29, 0.717) is 60.2 Å². The summed E-state index contributed by atoms with van der Waals surface area (Å²) in [6.45, 7) is 13.3. The number of anilines is 2. The first-order valence-electron chi connectivity index (χ1n) is 20.9. The van der Waals surface area contributed by atoms with Crippen LogP contribution < -0.4 is 20.3 Å². The molecule has 0 spiro atoms. The number of carbonyl (C=O) groups is 2.